The topological polar surface area (TPSA) is 112 Å². The summed E-state index contributed by atoms with van der Waals surface area (Å²) in [6, 6.07) is 9.10. The standard InChI is InChI=1S/C20H18N2O5/c1-11(2)12-4-6-18-15(7-12)19(25)14(10-27-18)9-21-22-20(26)13-3-5-16(23)17(24)8-13/h3-11,23-24H,1-2H3,(H,22,26)/b21-9-. The highest BCUT2D eigenvalue weighted by molar-refractivity contribution is 5.95. The summed E-state index contributed by atoms with van der Waals surface area (Å²) < 4.78 is 5.46. The van der Waals surface area contributed by atoms with Crippen LogP contribution in [0.1, 0.15) is 41.3 Å². The van der Waals surface area contributed by atoms with E-state index in [-0.39, 0.29) is 28.2 Å². The molecule has 1 aromatic heterocycles. The lowest BCUT2D eigenvalue weighted by Gasteiger charge is -2.06. The lowest BCUT2D eigenvalue weighted by molar-refractivity contribution is 0.0954. The first-order chi connectivity index (χ1) is 12.9. The van der Waals surface area contributed by atoms with Gasteiger partial charge in [0.2, 0.25) is 5.43 Å². The monoisotopic (exact) mass is 366 g/mol. The second-order valence-corrected chi connectivity index (χ2v) is 6.33. The summed E-state index contributed by atoms with van der Waals surface area (Å²) in [6.45, 7) is 4.06. The zero-order valence-corrected chi connectivity index (χ0v) is 14.8. The Hall–Kier alpha value is -3.61. The van der Waals surface area contributed by atoms with Gasteiger partial charge in [-0.2, -0.15) is 5.10 Å². The van der Waals surface area contributed by atoms with Crippen LogP contribution >= 0.6 is 0 Å². The molecule has 3 N–H and O–H groups in total. The van der Waals surface area contributed by atoms with Crippen LogP contribution in [-0.2, 0) is 0 Å². The fraction of sp³-hybridized carbons (Fsp3) is 0.150. The molecule has 2 aromatic carbocycles. The number of benzene rings is 2. The van der Waals surface area contributed by atoms with Gasteiger partial charge in [-0.1, -0.05) is 19.9 Å². The van der Waals surface area contributed by atoms with Crippen molar-refractivity contribution in [2.75, 3.05) is 0 Å². The van der Waals surface area contributed by atoms with Crippen molar-refractivity contribution in [3.63, 3.8) is 0 Å². The van der Waals surface area contributed by atoms with Crippen molar-refractivity contribution in [2.45, 2.75) is 19.8 Å². The minimum atomic E-state index is -0.603. The molecule has 0 radical (unpaired) electrons. The fourth-order valence-corrected chi connectivity index (χ4v) is 2.50. The predicted octanol–water partition coefficient (Wildman–Crippen LogP) is 3.09. The van der Waals surface area contributed by atoms with Crippen LogP contribution in [0, 0.1) is 0 Å². The fourth-order valence-electron chi connectivity index (χ4n) is 2.50. The van der Waals surface area contributed by atoms with Gasteiger partial charge < -0.3 is 14.6 Å². The number of phenols is 2. The van der Waals surface area contributed by atoms with Crippen molar-refractivity contribution in [3.05, 3.63) is 69.6 Å². The third-order valence-corrected chi connectivity index (χ3v) is 4.10. The molecule has 0 atom stereocenters. The molecule has 0 aliphatic carbocycles. The van der Waals surface area contributed by atoms with Crippen LogP contribution in [0.5, 0.6) is 11.5 Å². The van der Waals surface area contributed by atoms with Crippen molar-refractivity contribution in [3.8, 4) is 11.5 Å². The minimum absolute atomic E-state index is 0.106. The molecule has 0 saturated carbocycles. The molecular weight excluding hydrogens is 348 g/mol. The first kappa shape index (κ1) is 18.2. The number of amides is 1. The van der Waals surface area contributed by atoms with Gasteiger partial charge in [-0.25, -0.2) is 5.43 Å². The Morgan fingerprint density at radius 1 is 1.15 bits per heavy atom. The van der Waals surface area contributed by atoms with E-state index in [1.54, 1.807) is 12.1 Å². The number of carbonyl (C=O) groups excluding carboxylic acids is 1. The molecule has 27 heavy (non-hydrogen) atoms. The first-order valence-electron chi connectivity index (χ1n) is 8.27. The molecule has 3 rings (SSSR count). The molecule has 0 fully saturated rings. The summed E-state index contributed by atoms with van der Waals surface area (Å²) in [5.74, 6) is -1.08. The molecule has 0 bridgehead atoms. The SMILES string of the molecule is CC(C)c1ccc2occ(/C=N\NC(=O)c3ccc(O)c(O)c3)c(=O)c2c1. The maximum absolute atomic E-state index is 12.6. The summed E-state index contributed by atoms with van der Waals surface area (Å²) in [7, 11) is 0. The third kappa shape index (κ3) is 3.82. The highest BCUT2D eigenvalue weighted by Crippen LogP contribution is 2.24. The van der Waals surface area contributed by atoms with Gasteiger partial charge in [0, 0.05) is 5.56 Å². The highest BCUT2D eigenvalue weighted by atomic mass is 16.3. The first-order valence-corrected chi connectivity index (χ1v) is 8.27. The molecule has 0 spiro atoms. The van der Waals surface area contributed by atoms with E-state index >= 15 is 0 Å². The average Bonchev–Trinajstić information content (AvgIpc) is 2.65. The molecular formula is C20H18N2O5. The van der Waals surface area contributed by atoms with Crippen molar-refractivity contribution in [1.82, 2.24) is 5.43 Å². The predicted molar refractivity (Wildman–Crippen MR) is 101 cm³/mol. The van der Waals surface area contributed by atoms with E-state index in [2.05, 4.69) is 10.5 Å². The van der Waals surface area contributed by atoms with Gasteiger partial charge in [-0.3, -0.25) is 9.59 Å². The Morgan fingerprint density at radius 3 is 2.63 bits per heavy atom. The maximum atomic E-state index is 12.6. The summed E-state index contributed by atoms with van der Waals surface area (Å²) in [6.07, 6.45) is 2.48. The van der Waals surface area contributed by atoms with E-state index in [0.29, 0.717) is 11.0 Å². The van der Waals surface area contributed by atoms with Gasteiger partial charge in [-0.05, 0) is 41.8 Å². The summed E-state index contributed by atoms with van der Waals surface area (Å²) in [5.41, 5.74) is 3.80. The van der Waals surface area contributed by atoms with Gasteiger partial charge in [-0.15, -0.1) is 0 Å². The molecule has 7 heteroatoms. The number of phenolic OH excluding ortho intramolecular Hbond substituents is 2. The summed E-state index contributed by atoms with van der Waals surface area (Å²) >= 11 is 0. The molecule has 0 aliphatic heterocycles. The maximum Gasteiger partial charge on any atom is 0.271 e. The van der Waals surface area contributed by atoms with E-state index < -0.39 is 11.7 Å². The molecule has 1 heterocycles. The zero-order valence-electron chi connectivity index (χ0n) is 14.8. The molecule has 0 saturated heterocycles. The average molecular weight is 366 g/mol. The van der Waals surface area contributed by atoms with Crippen molar-refractivity contribution in [1.29, 1.82) is 0 Å². The molecule has 0 unspecified atom stereocenters. The molecule has 0 aliphatic rings. The largest absolute Gasteiger partial charge is 0.504 e. The number of rotatable bonds is 4. The van der Waals surface area contributed by atoms with Crippen molar-refractivity contribution >= 4 is 23.1 Å². The van der Waals surface area contributed by atoms with Gasteiger partial charge in [0.05, 0.1) is 17.2 Å². The smallest absolute Gasteiger partial charge is 0.271 e. The third-order valence-electron chi connectivity index (χ3n) is 4.10. The number of hydrogen-bond acceptors (Lipinski definition) is 6. The minimum Gasteiger partial charge on any atom is -0.504 e. The van der Waals surface area contributed by atoms with Crippen LogP contribution in [0.15, 0.2) is 57.0 Å². The van der Waals surface area contributed by atoms with Crippen LogP contribution < -0.4 is 10.9 Å². The van der Waals surface area contributed by atoms with E-state index in [1.165, 1.54) is 24.6 Å². The Labute approximate surface area is 154 Å². The van der Waals surface area contributed by atoms with Gasteiger partial charge in [0.1, 0.15) is 11.8 Å². The Balaban J connectivity index is 1.83. The lowest BCUT2D eigenvalue weighted by atomic mass is 10.0. The van der Waals surface area contributed by atoms with Crippen LogP contribution in [-0.4, -0.2) is 22.3 Å². The Bertz CT molecular complexity index is 1100. The highest BCUT2D eigenvalue weighted by Gasteiger charge is 2.10. The van der Waals surface area contributed by atoms with Crippen LogP contribution in [0.4, 0.5) is 0 Å². The number of hydrazone groups is 1. The summed E-state index contributed by atoms with van der Waals surface area (Å²) in [5, 5.41) is 22.9. The molecule has 138 valence electrons. The Kier molecular flexibility index (Phi) is 4.94. The van der Waals surface area contributed by atoms with Crippen LogP contribution in [0.2, 0.25) is 0 Å². The number of aromatic hydroxyl groups is 2. The van der Waals surface area contributed by atoms with Gasteiger partial charge in [0.25, 0.3) is 5.91 Å². The number of hydrogen-bond donors (Lipinski definition) is 3. The van der Waals surface area contributed by atoms with E-state index in [4.69, 9.17) is 4.42 Å². The van der Waals surface area contributed by atoms with Crippen LogP contribution in [0.3, 0.4) is 0 Å². The molecule has 1 amide bonds. The zero-order chi connectivity index (χ0) is 19.6. The number of nitrogens with one attached hydrogen (secondary N) is 1. The number of fused-ring (bicyclic) bond motifs is 1. The normalized spacial score (nSPS) is 11.4. The van der Waals surface area contributed by atoms with Gasteiger partial charge >= 0.3 is 0 Å². The van der Waals surface area contributed by atoms with Crippen molar-refractivity contribution in [2.24, 2.45) is 5.10 Å². The van der Waals surface area contributed by atoms with Crippen LogP contribution in [0.25, 0.3) is 11.0 Å². The van der Waals surface area contributed by atoms with E-state index in [1.807, 2.05) is 19.9 Å². The quantitative estimate of drug-likeness (QED) is 0.373. The Morgan fingerprint density at radius 2 is 1.93 bits per heavy atom. The number of carbonyl (C=O) groups is 1. The van der Waals surface area contributed by atoms with E-state index in [9.17, 15) is 19.8 Å². The van der Waals surface area contributed by atoms with Gasteiger partial charge in [0.15, 0.2) is 11.5 Å². The number of nitrogens with zero attached hydrogens (tertiary/aromatic N) is 1. The van der Waals surface area contributed by atoms with Crippen molar-refractivity contribution < 1.29 is 19.4 Å². The lowest BCUT2D eigenvalue weighted by Crippen LogP contribution is -2.18. The molecule has 3 aromatic rings. The second kappa shape index (κ2) is 7.33. The molecule has 7 nitrogen and oxygen atoms in total. The van der Waals surface area contributed by atoms with E-state index in [0.717, 1.165) is 11.6 Å². The second-order valence-electron chi connectivity index (χ2n) is 6.33. The summed E-state index contributed by atoms with van der Waals surface area (Å²) in [4.78, 5) is 24.6.